The van der Waals surface area contributed by atoms with Gasteiger partial charge in [-0.15, -0.1) is 0 Å². The number of nitrogens with zero attached hydrogens (tertiary/aromatic N) is 2. The molecule has 14 heavy (non-hydrogen) atoms. The molecule has 1 saturated heterocycles. The van der Waals surface area contributed by atoms with Crippen molar-refractivity contribution in [1.29, 1.82) is 0 Å². The smallest absolute Gasteiger partial charge is 0.237 e. The molecule has 1 aliphatic heterocycles. The fourth-order valence-electron chi connectivity index (χ4n) is 1.71. The maximum absolute atomic E-state index is 11.3. The summed E-state index contributed by atoms with van der Waals surface area (Å²) in [5.74, 6) is 0.234. The van der Waals surface area contributed by atoms with Gasteiger partial charge < -0.3 is 9.80 Å². The second-order valence-corrected chi connectivity index (χ2v) is 3.68. The number of likely N-dealkylation sites (N-methyl/N-ethyl adjacent to an activating group) is 1. The average molecular weight is 199 g/mol. The number of hydrogen-bond donors (Lipinski definition) is 1. The van der Waals surface area contributed by atoms with E-state index in [0.29, 0.717) is 6.54 Å². The van der Waals surface area contributed by atoms with Gasteiger partial charge in [-0.3, -0.25) is 10.1 Å². The summed E-state index contributed by atoms with van der Waals surface area (Å²) in [7, 11) is 0. The van der Waals surface area contributed by atoms with Gasteiger partial charge in [0.2, 0.25) is 5.91 Å². The highest BCUT2D eigenvalue weighted by Crippen LogP contribution is 1.97. The second-order valence-electron chi connectivity index (χ2n) is 3.68. The molecule has 0 bridgehead atoms. The standard InChI is InChI=1S/C10H21N3O/c1-3-5-12(4-2)6-7-13-9-11-8-10(13)14/h11H,3-9H2,1-2H3. The van der Waals surface area contributed by atoms with Crippen molar-refractivity contribution in [2.45, 2.75) is 20.3 Å². The molecule has 1 N–H and O–H groups in total. The van der Waals surface area contributed by atoms with Crippen LogP contribution < -0.4 is 5.32 Å². The van der Waals surface area contributed by atoms with Crippen molar-refractivity contribution in [1.82, 2.24) is 15.1 Å². The molecule has 0 aromatic carbocycles. The number of carbonyl (C=O) groups excluding carboxylic acids is 1. The van der Waals surface area contributed by atoms with Crippen LogP contribution in [0.1, 0.15) is 20.3 Å². The summed E-state index contributed by atoms with van der Waals surface area (Å²) in [6, 6.07) is 0. The largest absolute Gasteiger partial charge is 0.328 e. The van der Waals surface area contributed by atoms with Crippen LogP contribution in [-0.2, 0) is 4.79 Å². The molecule has 0 saturated carbocycles. The SMILES string of the molecule is CCCN(CC)CCN1CNCC1=O. The predicted octanol–water partition coefficient (Wildman–Crippen LogP) is 0.108. The lowest BCUT2D eigenvalue weighted by atomic mass is 10.4. The van der Waals surface area contributed by atoms with E-state index in [2.05, 4.69) is 24.1 Å². The van der Waals surface area contributed by atoms with E-state index >= 15 is 0 Å². The minimum Gasteiger partial charge on any atom is -0.328 e. The number of nitrogens with one attached hydrogen (secondary N) is 1. The van der Waals surface area contributed by atoms with E-state index in [-0.39, 0.29) is 5.91 Å². The Balaban J connectivity index is 2.20. The zero-order chi connectivity index (χ0) is 10.4. The third-order valence-corrected chi connectivity index (χ3v) is 2.60. The number of amides is 1. The van der Waals surface area contributed by atoms with Gasteiger partial charge in [0.1, 0.15) is 0 Å². The number of rotatable bonds is 6. The molecule has 0 aromatic heterocycles. The van der Waals surface area contributed by atoms with Gasteiger partial charge in [-0.25, -0.2) is 0 Å². The molecule has 0 aliphatic carbocycles. The molecule has 1 fully saturated rings. The summed E-state index contributed by atoms with van der Waals surface area (Å²) >= 11 is 0. The maximum Gasteiger partial charge on any atom is 0.237 e. The van der Waals surface area contributed by atoms with E-state index in [1.165, 1.54) is 6.42 Å². The molecule has 1 amide bonds. The zero-order valence-electron chi connectivity index (χ0n) is 9.25. The fraction of sp³-hybridized carbons (Fsp3) is 0.900. The van der Waals surface area contributed by atoms with Crippen LogP contribution in [0.25, 0.3) is 0 Å². The van der Waals surface area contributed by atoms with Crippen LogP contribution in [-0.4, -0.2) is 55.1 Å². The lowest BCUT2D eigenvalue weighted by Crippen LogP contribution is -2.36. The molecule has 0 aromatic rings. The highest BCUT2D eigenvalue weighted by Gasteiger charge is 2.19. The van der Waals surface area contributed by atoms with Crippen LogP contribution in [0, 0.1) is 0 Å². The summed E-state index contributed by atoms with van der Waals surface area (Å²) in [4.78, 5) is 15.5. The quantitative estimate of drug-likeness (QED) is 0.659. The molecule has 1 aliphatic rings. The first kappa shape index (κ1) is 11.5. The van der Waals surface area contributed by atoms with Crippen molar-refractivity contribution in [3.05, 3.63) is 0 Å². The molecule has 82 valence electrons. The van der Waals surface area contributed by atoms with Gasteiger partial charge >= 0.3 is 0 Å². The lowest BCUT2D eigenvalue weighted by molar-refractivity contribution is -0.126. The molecule has 0 radical (unpaired) electrons. The molecule has 0 spiro atoms. The summed E-state index contributed by atoms with van der Waals surface area (Å²) in [6.07, 6.45) is 1.18. The van der Waals surface area contributed by atoms with E-state index in [9.17, 15) is 4.79 Å². The molecule has 1 rings (SSSR count). The topological polar surface area (TPSA) is 35.6 Å². The lowest BCUT2D eigenvalue weighted by Gasteiger charge is -2.23. The van der Waals surface area contributed by atoms with Gasteiger partial charge in [-0.2, -0.15) is 0 Å². The monoisotopic (exact) mass is 199 g/mol. The van der Waals surface area contributed by atoms with Crippen LogP contribution in [0.3, 0.4) is 0 Å². The summed E-state index contributed by atoms with van der Waals surface area (Å²) < 4.78 is 0. The van der Waals surface area contributed by atoms with Crippen molar-refractivity contribution < 1.29 is 4.79 Å². The Morgan fingerprint density at radius 1 is 1.43 bits per heavy atom. The molecule has 4 nitrogen and oxygen atoms in total. The number of hydrogen-bond acceptors (Lipinski definition) is 3. The average Bonchev–Trinajstić information content (AvgIpc) is 2.59. The highest BCUT2D eigenvalue weighted by molar-refractivity contribution is 5.79. The van der Waals surface area contributed by atoms with Gasteiger partial charge in [-0.1, -0.05) is 13.8 Å². The first-order valence-electron chi connectivity index (χ1n) is 5.48. The molecule has 0 unspecified atom stereocenters. The van der Waals surface area contributed by atoms with Gasteiger partial charge in [-0.05, 0) is 19.5 Å². The third-order valence-electron chi connectivity index (χ3n) is 2.60. The van der Waals surface area contributed by atoms with Crippen LogP contribution >= 0.6 is 0 Å². The van der Waals surface area contributed by atoms with Gasteiger partial charge in [0.25, 0.3) is 0 Å². The van der Waals surface area contributed by atoms with Crippen molar-refractivity contribution in [2.75, 3.05) is 39.4 Å². The number of carbonyl (C=O) groups is 1. The normalized spacial score (nSPS) is 17.1. The third kappa shape index (κ3) is 3.27. The van der Waals surface area contributed by atoms with Crippen molar-refractivity contribution in [3.63, 3.8) is 0 Å². The molecule has 1 heterocycles. The zero-order valence-corrected chi connectivity index (χ0v) is 9.25. The Bertz CT molecular complexity index is 184. The van der Waals surface area contributed by atoms with Crippen LogP contribution in [0.4, 0.5) is 0 Å². The van der Waals surface area contributed by atoms with Crippen LogP contribution in [0.5, 0.6) is 0 Å². The van der Waals surface area contributed by atoms with Crippen LogP contribution in [0.2, 0.25) is 0 Å². The van der Waals surface area contributed by atoms with E-state index in [1.54, 1.807) is 0 Å². The molecule has 0 atom stereocenters. The van der Waals surface area contributed by atoms with Gasteiger partial charge in [0, 0.05) is 13.1 Å². The first-order chi connectivity index (χ1) is 6.77. The Morgan fingerprint density at radius 2 is 2.21 bits per heavy atom. The molecular weight excluding hydrogens is 178 g/mol. The fourth-order valence-corrected chi connectivity index (χ4v) is 1.71. The van der Waals surface area contributed by atoms with E-state index in [1.807, 2.05) is 4.90 Å². The summed E-state index contributed by atoms with van der Waals surface area (Å²) in [5, 5.41) is 3.05. The Hall–Kier alpha value is -0.610. The van der Waals surface area contributed by atoms with Gasteiger partial charge in [0.05, 0.1) is 13.2 Å². The Kier molecular flexibility index (Phi) is 4.90. The van der Waals surface area contributed by atoms with Gasteiger partial charge in [0.15, 0.2) is 0 Å². The van der Waals surface area contributed by atoms with Crippen LogP contribution in [0.15, 0.2) is 0 Å². The summed E-state index contributed by atoms with van der Waals surface area (Å²) in [5.41, 5.74) is 0. The predicted molar refractivity (Wildman–Crippen MR) is 57.0 cm³/mol. The second kappa shape index (κ2) is 5.98. The van der Waals surface area contributed by atoms with Crippen molar-refractivity contribution >= 4 is 5.91 Å². The van der Waals surface area contributed by atoms with E-state index in [4.69, 9.17) is 0 Å². The molecule has 4 heteroatoms. The Labute approximate surface area is 86.2 Å². The Morgan fingerprint density at radius 3 is 2.71 bits per heavy atom. The van der Waals surface area contributed by atoms with E-state index in [0.717, 1.165) is 32.8 Å². The van der Waals surface area contributed by atoms with E-state index < -0.39 is 0 Å². The van der Waals surface area contributed by atoms with Crippen molar-refractivity contribution in [2.24, 2.45) is 0 Å². The first-order valence-corrected chi connectivity index (χ1v) is 5.48. The highest BCUT2D eigenvalue weighted by atomic mass is 16.2. The maximum atomic E-state index is 11.3. The minimum atomic E-state index is 0.234. The summed E-state index contributed by atoms with van der Waals surface area (Å²) in [6.45, 7) is 9.65. The van der Waals surface area contributed by atoms with Crippen molar-refractivity contribution in [3.8, 4) is 0 Å². The molecular formula is C10H21N3O. The minimum absolute atomic E-state index is 0.234.